The third-order valence-electron chi connectivity index (χ3n) is 1.02. The molecule has 2 heterocycles. The maximum absolute atomic E-state index is 4.15. The van der Waals surface area contributed by atoms with Crippen molar-refractivity contribution >= 4 is 76.6 Å². The SMILES string of the molecule is n1p[nH][pH][nH][pH][nH][pH]1.n1p[nH][pH][nH][pH][nH][pH][nH][pH]1. The quantitative estimate of drug-likeness (QED) is 0.340. The van der Waals surface area contributed by atoms with Gasteiger partial charge in [-0.05, 0) is 0 Å². The topological polar surface area (TPSA) is 136 Å². The summed E-state index contributed by atoms with van der Waals surface area (Å²) in [6.07, 6.45) is 0. The largest absolute Gasteiger partial charge is 0.314 e. The van der Waals surface area contributed by atoms with E-state index in [1.165, 1.54) is 0 Å². The minimum absolute atomic E-state index is 0.514. The highest BCUT2D eigenvalue weighted by atomic mass is 31.1. The molecule has 0 aliphatic carbocycles. The predicted molar refractivity (Wildman–Crippen MR) is 98.6 cm³/mol. The van der Waals surface area contributed by atoms with Crippen molar-refractivity contribution in [2.45, 2.75) is 0 Å². The summed E-state index contributed by atoms with van der Waals surface area (Å²) in [5.41, 5.74) is 0. The van der Waals surface area contributed by atoms with E-state index in [0.717, 1.165) is 17.0 Å². The Morgan fingerprint density at radius 3 is 1.56 bits per heavy atom. The van der Waals surface area contributed by atoms with Gasteiger partial charge in [0.25, 0.3) is 0 Å². The van der Waals surface area contributed by atoms with E-state index in [4.69, 9.17) is 0 Å². The average molecular weight is 419 g/mol. The van der Waals surface area contributed by atoms with Gasteiger partial charge in [0.05, 0.1) is 0 Å². The molecule has 0 aliphatic rings. The molecule has 2 aromatic rings. The van der Waals surface area contributed by atoms with Crippen LogP contribution in [-0.2, 0) is 0 Å². The van der Waals surface area contributed by atoms with E-state index >= 15 is 0 Å². The van der Waals surface area contributed by atoms with Gasteiger partial charge in [0.2, 0.25) is 0 Å². The van der Waals surface area contributed by atoms with E-state index in [9.17, 15) is 0 Å². The van der Waals surface area contributed by atoms with Crippen molar-refractivity contribution in [1.29, 1.82) is 0 Å². The lowest BCUT2D eigenvalue weighted by Crippen LogP contribution is -1.47. The number of nitrogens with one attached hydrogen (secondary N) is 7. The summed E-state index contributed by atoms with van der Waals surface area (Å²) in [6.45, 7) is 0. The third kappa shape index (κ3) is 12.0. The number of H-pyrrole nitrogens is 7. The van der Waals surface area contributed by atoms with Crippen LogP contribution in [0.15, 0.2) is 0 Å². The minimum Gasteiger partial charge on any atom is -0.314 e. The zero-order chi connectivity index (χ0) is 12.7. The molecule has 0 fully saturated rings. The van der Waals surface area contributed by atoms with E-state index in [0.29, 0.717) is 59.6 Å². The Morgan fingerprint density at radius 2 is 1.00 bits per heavy atom. The zero-order valence-electron chi connectivity index (χ0n) is 8.79. The van der Waals surface area contributed by atoms with Crippen LogP contribution in [-0.4, -0.2) is 40.6 Å². The van der Waals surface area contributed by atoms with Crippen LogP contribution in [0, 0.1) is 0 Å². The van der Waals surface area contributed by atoms with Gasteiger partial charge in [-0.3, -0.25) is 0 Å². The maximum atomic E-state index is 4.15. The molecule has 2 aromatic heterocycles. The van der Waals surface area contributed by atoms with Crippen LogP contribution >= 0.6 is 76.6 Å². The molecule has 0 aliphatic heterocycles. The third-order valence-corrected chi connectivity index (χ3v) is 9.21. The molecule has 104 valence electrons. The van der Waals surface area contributed by atoms with Crippen LogP contribution in [0.2, 0.25) is 0 Å². The first-order valence-corrected chi connectivity index (χ1v) is 12.9. The van der Waals surface area contributed by atoms with Gasteiger partial charge in [-0.1, -0.05) is 0 Å². The molecule has 7 unspecified atom stereocenters. The lowest BCUT2D eigenvalue weighted by atomic mass is 13.9. The van der Waals surface area contributed by atoms with E-state index < -0.39 is 0 Å². The van der Waals surface area contributed by atoms with Crippen molar-refractivity contribution in [3.05, 3.63) is 0 Å². The Bertz CT molecular complexity index is 356. The van der Waals surface area contributed by atoms with Crippen LogP contribution < -0.4 is 0 Å². The highest BCUT2D eigenvalue weighted by Crippen LogP contribution is 2.02. The van der Waals surface area contributed by atoms with Crippen LogP contribution in [0.4, 0.5) is 0 Å². The van der Waals surface area contributed by atoms with Crippen molar-refractivity contribution < 1.29 is 0 Å². The molecular weight excluding hydrogens is 405 g/mol. The standard InChI is InChI=1S/H8N5P5.H6N4P4/c1-6-2-8-4-10-5-9-3-7-1;1-5-2-7-4-8-3-6-1/h1-3,6-9H,(H,4,5);1-2,5-7H,(H,3,4). The smallest absolute Gasteiger partial charge is 0.138 e. The van der Waals surface area contributed by atoms with E-state index in [1.807, 2.05) is 0 Å². The minimum atomic E-state index is 0.514. The zero-order valence-corrected chi connectivity index (χ0v) is 17.6. The van der Waals surface area contributed by atoms with E-state index in [-0.39, 0.29) is 0 Å². The summed E-state index contributed by atoms with van der Waals surface area (Å²) in [7, 11) is 6.19. The van der Waals surface area contributed by atoms with Crippen LogP contribution in [0.3, 0.4) is 0 Å². The molecule has 7 atom stereocenters. The van der Waals surface area contributed by atoms with Crippen molar-refractivity contribution in [2.75, 3.05) is 0 Å². The summed E-state index contributed by atoms with van der Waals surface area (Å²) in [5.74, 6) is 0. The van der Waals surface area contributed by atoms with Gasteiger partial charge in [-0.15, -0.1) is 0 Å². The molecular formula is H14N9P9. The highest BCUT2D eigenvalue weighted by Gasteiger charge is 1.54. The molecule has 0 aromatic carbocycles. The fraction of sp³-hybridized carbons (Fsp3) is 0. The van der Waals surface area contributed by atoms with Gasteiger partial charge >= 0.3 is 0 Å². The van der Waals surface area contributed by atoms with Crippen molar-refractivity contribution in [3.63, 3.8) is 0 Å². The first kappa shape index (κ1) is 17.0. The number of aromatic amines is 7. The van der Waals surface area contributed by atoms with Gasteiger partial charge < -0.3 is 31.6 Å². The Balaban J connectivity index is 0.000000184. The van der Waals surface area contributed by atoms with Crippen molar-refractivity contribution in [2.24, 2.45) is 0 Å². The van der Waals surface area contributed by atoms with Crippen LogP contribution in [0.1, 0.15) is 0 Å². The fourth-order valence-electron chi connectivity index (χ4n) is 0.499. The van der Waals surface area contributed by atoms with Gasteiger partial charge in [0, 0.05) is 59.6 Å². The van der Waals surface area contributed by atoms with Gasteiger partial charge in [-0.2, -0.15) is 9.02 Å². The Kier molecular flexibility index (Phi) is 13.5. The number of rotatable bonds is 0. The number of nitrogens with zero attached hydrogens (tertiary/aromatic N) is 2. The highest BCUT2D eigenvalue weighted by molar-refractivity contribution is 7.44. The second-order valence-electron chi connectivity index (χ2n) is 2.10. The Labute approximate surface area is 117 Å². The Morgan fingerprint density at radius 1 is 0.556 bits per heavy atom. The number of aromatic nitrogens is 9. The average Bonchev–Trinajstić information content (AvgIpc) is 2.36. The van der Waals surface area contributed by atoms with Gasteiger partial charge in [-0.25, -0.2) is 0 Å². The molecule has 18 heteroatoms. The van der Waals surface area contributed by atoms with Gasteiger partial charge in [0.1, 0.15) is 17.0 Å². The molecule has 0 spiro atoms. The van der Waals surface area contributed by atoms with Crippen molar-refractivity contribution in [3.8, 4) is 0 Å². The molecule has 0 radical (unpaired) electrons. The molecule has 18 heavy (non-hydrogen) atoms. The van der Waals surface area contributed by atoms with Gasteiger partial charge in [0.15, 0.2) is 0 Å². The second kappa shape index (κ2) is 14.3. The molecule has 0 amide bonds. The fourth-order valence-corrected chi connectivity index (χ4v) is 8.99. The second-order valence-corrected chi connectivity index (χ2v) is 12.6. The van der Waals surface area contributed by atoms with E-state index in [2.05, 4.69) is 40.6 Å². The van der Waals surface area contributed by atoms with Crippen LogP contribution in [0.5, 0.6) is 0 Å². The monoisotopic (exact) mass is 419 g/mol. The lowest BCUT2D eigenvalue weighted by molar-refractivity contribution is 1.69. The molecule has 2 rings (SSSR count). The summed E-state index contributed by atoms with van der Waals surface area (Å²) in [4.78, 5) is 0. The number of hydrogen-bond donors (Lipinski definition) is 7. The molecule has 0 saturated heterocycles. The summed E-state index contributed by atoms with van der Waals surface area (Å²) in [6, 6.07) is 0. The van der Waals surface area contributed by atoms with Crippen molar-refractivity contribution in [1.82, 2.24) is 40.6 Å². The first-order valence-electron chi connectivity index (χ1n) is 4.29. The molecule has 0 bridgehead atoms. The lowest BCUT2D eigenvalue weighted by Gasteiger charge is -1.77. The summed E-state index contributed by atoms with van der Waals surface area (Å²) in [5, 5.41) is 0. The normalized spacial score (nSPS) is 12.0. The van der Waals surface area contributed by atoms with Crippen LogP contribution in [0.25, 0.3) is 0 Å². The molecule has 7 N–H and O–H groups in total. The molecule has 0 saturated carbocycles. The summed E-state index contributed by atoms with van der Waals surface area (Å²) < 4.78 is 30.3. The molecule has 9 nitrogen and oxygen atoms in total. The van der Waals surface area contributed by atoms with E-state index in [1.54, 1.807) is 0 Å². The maximum Gasteiger partial charge on any atom is 0.138 e. The predicted octanol–water partition coefficient (Wildman–Crippen LogP) is 4.46. The first-order chi connectivity index (χ1) is 9.00. The number of hydrogen-bond acceptors (Lipinski definition) is 2. The Hall–Kier alpha value is 0.900. The summed E-state index contributed by atoms with van der Waals surface area (Å²) >= 11 is 0.